The van der Waals surface area contributed by atoms with E-state index in [1.54, 1.807) is 18.4 Å². The summed E-state index contributed by atoms with van der Waals surface area (Å²) in [5.74, 6) is 0. The monoisotopic (exact) mass is 194 g/mol. The molecule has 1 heterocycles. The van der Waals surface area contributed by atoms with Crippen molar-refractivity contribution in [3.8, 4) is 0 Å². The molecule has 0 atom stereocenters. The number of nitrogens with zero attached hydrogens (tertiary/aromatic N) is 2. The zero-order valence-corrected chi connectivity index (χ0v) is 8.34. The summed E-state index contributed by atoms with van der Waals surface area (Å²) in [5.41, 5.74) is 1.18. The van der Waals surface area contributed by atoms with Crippen molar-refractivity contribution in [3.63, 3.8) is 0 Å². The maximum absolute atomic E-state index is 4.75. The molecule has 0 aliphatic carbocycles. The van der Waals surface area contributed by atoms with E-state index < -0.39 is 0 Å². The lowest BCUT2D eigenvalue weighted by molar-refractivity contribution is 0.198. The Morgan fingerprint density at radius 3 is 2.85 bits per heavy atom. The first-order valence-corrected chi connectivity index (χ1v) is 4.76. The van der Waals surface area contributed by atoms with Crippen LogP contribution in [0.2, 0.25) is 0 Å². The number of para-hydroxylation sites is 1. The summed E-state index contributed by atoms with van der Waals surface area (Å²) in [6, 6.07) is 8.19. The fourth-order valence-corrected chi connectivity index (χ4v) is 2.25. The van der Waals surface area contributed by atoms with Crippen LogP contribution in [-0.4, -0.2) is 11.7 Å². The van der Waals surface area contributed by atoms with Gasteiger partial charge in [0, 0.05) is 7.05 Å². The van der Waals surface area contributed by atoms with Gasteiger partial charge in [-0.2, -0.15) is 0 Å². The molecule has 0 unspecified atom stereocenters. The minimum absolute atomic E-state index is 0.878. The van der Waals surface area contributed by atoms with Crippen molar-refractivity contribution in [2.24, 2.45) is 12.2 Å². The summed E-state index contributed by atoms with van der Waals surface area (Å²) >= 11 is 1.62. The van der Waals surface area contributed by atoms with Crippen LogP contribution in [0.1, 0.15) is 0 Å². The van der Waals surface area contributed by atoms with Gasteiger partial charge in [0.1, 0.15) is 7.11 Å². The van der Waals surface area contributed by atoms with Gasteiger partial charge in [-0.1, -0.05) is 28.6 Å². The highest BCUT2D eigenvalue weighted by atomic mass is 32.1. The third-order valence-electron chi connectivity index (χ3n) is 1.88. The fraction of sp³-hybridized carbons (Fsp3) is 0.222. The molecule has 2 rings (SSSR count). The molecule has 0 spiro atoms. The lowest BCUT2D eigenvalue weighted by Gasteiger charge is -1.92. The molecule has 68 valence electrons. The molecule has 13 heavy (non-hydrogen) atoms. The predicted octanol–water partition coefficient (Wildman–Crippen LogP) is 1.70. The van der Waals surface area contributed by atoms with Crippen molar-refractivity contribution in [2.75, 3.05) is 7.11 Å². The van der Waals surface area contributed by atoms with Crippen LogP contribution in [-0.2, 0) is 11.9 Å². The molecular formula is C9H10N2OS. The molecule has 4 heteroatoms. The first-order valence-electron chi connectivity index (χ1n) is 3.94. The first-order chi connectivity index (χ1) is 6.33. The van der Waals surface area contributed by atoms with Gasteiger partial charge in [0.2, 0.25) is 4.80 Å². The van der Waals surface area contributed by atoms with E-state index in [0.717, 1.165) is 4.80 Å². The van der Waals surface area contributed by atoms with E-state index in [-0.39, 0.29) is 0 Å². The van der Waals surface area contributed by atoms with Gasteiger partial charge in [-0.15, -0.1) is 0 Å². The standard InChI is InChI=1S/C9H10N2OS/c1-11-7-5-3-4-6-8(7)13-9(11)10-12-2/h3-6H,1-2H3. The van der Waals surface area contributed by atoms with E-state index in [4.69, 9.17) is 4.84 Å². The molecule has 0 aliphatic rings. The second-order valence-electron chi connectivity index (χ2n) is 2.69. The van der Waals surface area contributed by atoms with Crippen LogP contribution in [0.3, 0.4) is 0 Å². The molecule has 0 radical (unpaired) electrons. The van der Waals surface area contributed by atoms with Gasteiger partial charge in [-0.25, -0.2) is 0 Å². The molecule has 0 aliphatic heterocycles. The SMILES string of the molecule is CON=c1sc2ccccc2n1C. The molecule has 0 saturated carbocycles. The van der Waals surface area contributed by atoms with Gasteiger partial charge in [0.05, 0.1) is 10.2 Å². The lowest BCUT2D eigenvalue weighted by Crippen LogP contribution is -2.09. The van der Waals surface area contributed by atoms with Gasteiger partial charge >= 0.3 is 0 Å². The molecule has 0 saturated heterocycles. The van der Waals surface area contributed by atoms with Crippen LogP contribution >= 0.6 is 11.3 Å². The number of hydrogen-bond donors (Lipinski definition) is 0. The fourth-order valence-electron chi connectivity index (χ4n) is 1.25. The van der Waals surface area contributed by atoms with Crippen molar-refractivity contribution in [3.05, 3.63) is 29.1 Å². The average molecular weight is 194 g/mol. The van der Waals surface area contributed by atoms with Crippen LogP contribution in [0.5, 0.6) is 0 Å². The molecule has 0 N–H and O–H groups in total. The summed E-state index contributed by atoms with van der Waals surface area (Å²) in [4.78, 5) is 5.63. The highest BCUT2D eigenvalue weighted by molar-refractivity contribution is 7.16. The number of aromatic nitrogens is 1. The minimum Gasteiger partial charge on any atom is -0.397 e. The van der Waals surface area contributed by atoms with E-state index in [1.807, 2.05) is 23.7 Å². The largest absolute Gasteiger partial charge is 0.397 e. The van der Waals surface area contributed by atoms with Gasteiger partial charge in [0.15, 0.2) is 0 Å². The highest BCUT2D eigenvalue weighted by Crippen LogP contribution is 2.14. The minimum atomic E-state index is 0.878. The molecule has 2 aromatic rings. The Labute approximate surface area is 79.9 Å². The maximum atomic E-state index is 4.75. The van der Waals surface area contributed by atoms with Crippen LogP contribution < -0.4 is 4.80 Å². The summed E-state index contributed by atoms with van der Waals surface area (Å²) in [6.45, 7) is 0. The smallest absolute Gasteiger partial charge is 0.228 e. The Morgan fingerprint density at radius 1 is 1.38 bits per heavy atom. The van der Waals surface area contributed by atoms with Crippen LogP contribution in [0.15, 0.2) is 29.4 Å². The third kappa shape index (κ3) is 1.33. The van der Waals surface area contributed by atoms with E-state index in [2.05, 4.69) is 17.3 Å². The molecular weight excluding hydrogens is 184 g/mol. The number of thiazole rings is 1. The summed E-state index contributed by atoms with van der Waals surface area (Å²) in [5, 5.41) is 3.92. The summed E-state index contributed by atoms with van der Waals surface area (Å²) in [6.07, 6.45) is 0. The van der Waals surface area contributed by atoms with Crippen molar-refractivity contribution >= 4 is 21.6 Å². The molecule has 1 aromatic heterocycles. The van der Waals surface area contributed by atoms with Crippen LogP contribution in [0.4, 0.5) is 0 Å². The summed E-state index contributed by atoms with van der Waals surface area (Å²) < 4.78 is 3.24. The third-order valence-corrected chi connectivity index (χ3v) is 2.98. The normalized spacial score (nSPS) is 12.3. The first kappa shape index (κ1) is 8.31. The van der Waals surface area contributed by atoms with Gasteiger partial charge in [-0.05, 0) is 12.1 Å². The van der Waals surface area contributed by atoms with E-state index in [0.29, 0.717) is 0 Å². The Bertz CT molecular complexity index is 484. The molecule has 1 aromatic carbocycles. The number of rotatable bonds is 1. The van der Waals surface area contributed by atoms with E-state index in [9.17, 15) is 0 Å². The zero-order chi connectivity index (χ0) is 9.26. The molecule has 0 fully saturated rings. The van der Waals surface area contributed by atoms with Crippen LogP contribution in [0.25, 0.3) is 10.2 Å². The second-order valence-corrected chi connectivity index (χ2v) is 3.69. The number of aryl methyl sites for hydroxylation is 1. The average Bonchev–Trinajstić information content (AvgIpc) is 2.46. The van der Waals surface area contributed by atoms with Gasteiger partial charge < -0.3 is 9.40 Å². The molecule has 0 bridgehead atoms. The predicted molar refractivity (Wildman–Crippen MR) is 53.4 cm³/mol. The molecule has 0 amide bonds. The van der Waals surface area contributed by atoms with Crippen molar-refractivity contribution < 1.29 is 4.84 Å². The van der Waals surface area contributed by atoms with Gasteiger partial charge in [-0.3, -0.25) is 0 Å². The lowest BCUT2D eigenvalue weighted by atomic mass is 10.3. The van der Waals surface area contributed by atoms with E-state index >= 15 is 0 Å². The Hall–Kier alpha value is -1.29. The van der Waals surface area contributed by atoms with Crippen LogP contribution in [0, 0.1) is 0 Å². The quantitative estimate of drug-likeness (QED) is 0.635. The topological polar surface area (TPSA) is 26.5 Å². The Kier molecular flexibility index (Phi) is 2.06. The number of hydrogen-bond acceptors (Lipinski definition) is 3. The summed E-state index contributed by atoms with van der Waals surface area (Å²) in [7, 11) is 3.54. The van der Waals surface area contributed by atoms with Crippen molar-refractivity contribution in [2.45, 2.75) is 0 Å². The second kappa shape index (κ2) is 3.22. The maximum Gasteiger partial charge on any atom is 0.228 e. The van der Waals surface area contributed by atoms with Crippen molar-refractivity contribution in [1.29, 1.82) is 0 Å². The molecule has 3 nitrogen and oxygen atoms in total. The zero-order valence-electron chi connectivity index (χ0n) is 7.52. The van der Waals surface area contributed by atoms with Crippen molar-refractivity contribution in [1.82, 2.24) is 4.57 Å². The van der Waals surface area contributed by atoms with Gasteiger partial charge in [0.25, 0.3) is 0 Å². The number of benzene rings is 1. The Morgan fingerprint density at radius 2 is 2.15 bits per heavy atom. The Balaban J connectivity index is 2.82. The van der Waals surface area contributed by atoms with E-state index in [1.165, 1.54) is 10.2 Å². The number of fused-ring (bicyclic) bond motifs is 1. The highest BCUT2D eigenvalue weighted by Gasteiger charge is 2.00.